The largest absolute Gasteiger partial charge is 0.426 e. The van der Waals surface area contributed by atoms with Gasteiger partial charge in [-0.05, 0) is 50.5 Å². The number of nitrogens with zero attached hydrogens (tertiary/aromatic N) is 1. The molecule has 0 aliphatic carbocycles. The maximum Gasteiger partial charge on any atom is 0.313 e. The van der Waals surface area contributed by atoms with E-state index in [1.807, 2.05) is 32.0 Å². The predicted octanol–water partition coefficient (Wildman–Crippen LogP) is 5.26. The number of benzene rings is 2. The molecule has 1 fully saturated rings. The van der Waals surface area contributed by atoms with Crippen molar-refractivity contribution in [3.8, 4) is 5.75 Å². The normalized spacial score (nSPS) is 16.3. The Morgan fingerprint density at radius 2 is 1.63 bits per heavy atom. The van der Waals surface area contributed by atoms with Gasteiger partial charge >= 0.3 is 5.97 Å². The van der Waals surface area contributed by atoms with Gasteiger partial charge in [0.15, 0.2) is 0 Å². The minimum Gasteiger partial charge on any atom is -0.426 e. The van der Waals surface area contributed by atoms with Gasteiger partial charge in [-0.25, -0.2) is 0 Å². The standard InChI is InChI=1S/C24H31NO2/c1-19(2)24(26)27-23-14-8-7-13-22(23)21(20-11-5-3-6-12-20)15-18-25-16-9-4-10-17-25/h3,5-8,11-14,19,21H,4,9-10,15-18H2,1-2H3/t21-/m1/s1. The molecule has 0 saturated carbocycles. The molecule has 0 spiro atoms. The second-order valence-corrected chi connectivity index (χ2v) is 7.77. The van der Waals surface area contributed by atoms with E-state index >= 15 is 0 Å². The lowest BCUT2D eigenvalue weighted by atomic mass is 9.87. The molecule has 0 bridgehead atoms. The van der Waals surface area contributed by atoms with Crippen molar-refractivity contribution in [2.24, 2.45) is 5.92 Å². The molecule has 144 valence electrons. The van der Waals surface area contributed by atoms with Crippen LogP contribution in [0.25, 0.3) is 0 Å². The molecule has 1 saturated heterocycles. The van der Waals surface area contributed by atoms with Gasteiger partial charge in [0.25, 0.3) is 0 Å². The van der Waals surface area contributed by atoms with E-state index in [2.05, 4.69) is 41.3 Å². The second-order valence-electron chi connectivity index (χ2n) is 7.77. The molecule has 1 atom stereocenters. The number of rotatable bonds is 7. The molecule has 0 unspecified atom stereocenters. The van der Waals surface area contributed by atoms with Crippen LogP contribution in [0.15, 0.2) is 54.6 Å². The van der Waals surface area contributed by atoms with Crippen LogP contribution in [0.1, 0.15) is 56.6 Å². The second kappa shape index (κ2) is 9.70. The number of likely N-dealkylation sites (tertiary alicyclic amines) is 1. The predicted molar refractivity (Wildman–Crippen MR) is 110 cm³/mol. The fourth-order valence-electron chi connectivity index (χ4n) is 3.77. The average molecular weight is 366 g/mol. The van der Waals surface area contributed by atoms with Crippen LogP contribution >= 0.6 is 0 Å². The van der Waals surface area contributed by atoms with Gasteiger partial charge in [-0.1, -0.05) is 68.8 Å². The Hall–Kier alpha value is -2.13. The van der Waals surface area contributed by atoms with E-state index in [1.165, 1.54) is 37.9 Å². The molecule has 2 aromatic carbocycles. The highest BCUT2D eigenvalue weighted by Crippen LogP contribution is 2.35. The third-order valence-corrected chi connectivity index (χ3v) is 5.36. The summed E-state index contributed by atoms with van der Waals surface area (Å²) in [5, 5.41) is 0. The zero-order chi connectivity index (χ0) is 19.1. The number of carbonyl (C=O) groups is 1. The molecule has 1 aliphatic heterocycles. The number of hydrogen-bond acceptors (Lipinski definition) is 3. The van der Waals surface area contributed by atoms with Crippen LogP contribution in [-0.2, 0) is 4.79 Å². The third kappa shape index (κ3) is 5.43. The van der Waals surface area contributed by atoms with Crippen molar-refractivity contribution in [2.45, 2.75) is 45.4 Å². The quantitative estimate of drug-likeness (QED) is 0.495. The molecule has 27 heavy (non-hydrogen) atoms. The van der Waals surface area contributed by atoms with E-state index < -0.39 is 0 Å². The van der Waals surface area contributed by atoms with Gasteiger partial charge in [-0.3, -0.25) is 4.79 Å². The molecule has 3 heteroatoms. The van der Waals surface area contributed by atoms with Crippen LogP contribution in [0.3, 0.4) is 0 Å². The summed E-state index contributed by atoms with van der Waals surface area (Å²) in [6.07, 6.45) is 4.99. The van der Waals surface area contributed by atoms with Gasteiger partial charge in [0.05, 0.1) is 5.92 Å². The van der Waals surface area contributed by atoms with Crippen LogP contribution in [0, 0.1) is 5.92 Å². The van der Waals surface area contributed by atoms with E-state index in [0.717, 1.165) is 18.5 Å². The molecular formula is C24H31NO2. The lowest BCUT2D eigenvalue weighted by Gasteiger charge is -2.29. The van der Waals surface area contributed by atoms with Crippen molar-refractivity contribution in [1.82, 2.24) is 4.90 Å². The summed E-state index contributed by atoms with van der Waals surface area (Å²) in [4.78, 5) is 14.8. The average Bonchev–Trinajstić information content (AvgIpc) is 2.71. The van der Waals surface area contributed by atoms with Crippen molar-refractivity contribution in [2.75, 3.05) is 19.6 Å². The monoisotopic (exact) mass is 365 g/mol. The molecule has 2 aromatic rings. The Labute approximate surface area is 163 Å². The Morgan fingerprint density at radius 3 is 2.33 bits per heavy atom. The highest BCUT2D eigenvalue weighted by Gasteiger charge is 2.22. The molecule has 0 radical (unpaired) electrons. The van der Waals surface area contributed by atoms with E-state index in [9.17, 15) is 4.79 Å². The Morgan fingerprint density at radius 1 is 0.963 bits per heavy atom. The van der Waals surface area contributed by atoms with Gasteiger partial charge in [0.1, 0.15) is 5.75 Å². The van der Waals surface area contributed by atoms with E-state index in [-0.39, 0.29) is 17.8 Å². The Bertz CT molecular complexity index is 720. The van der Waals surface area contributed by atoms with Crippen LogP contribution < -0.4 is 4.74 Å². The van der Waals surface area contributed by atoms with E-state index in [0.29, 0.717) is 5.75 Å². The SMILES string of the molecule is CC(C)C(=O)Oc1ccccc1[C@H](CCN1CCCCC1)c1ccccc1. The molecule has 0 amide bonds. The summed E-state index contributed by atoms with van der Waals surface area (Å²) in [6, 6.07) is 18.6. The number of ether oxygens (including phenoxy) is 1. The van der Waals surface area contributed by atoms with Gasteiger partial charge in [-0.2, -0.15) is 0 Å². The fourth-order valence-corrected chi connectivity index (χ4v) is 3.77. The molecule has 1 aliphatic rings. The maximum atomic E-state index is 12.2. The highest BCUT2D eigenvalue weighted by molar-refractivity contribution is 5.74. The van der Waals surface area contributed by atoms with Gasteiger partial charge in [0.2, 0.25) is 0 Å². The van der Waals surface area contributed by atoms with Gasteiger partial charge < -0.3 is 9.64 Å². The number of hydrogen-bond donors (Lipinski definition) is 0. The first-order chi connectivity index (χ1) is 13.1. The summed E-state index contributed by atoms with van der Waals surface area (Å²) in [7, 11) is 0. The highest BCUT2D eigenvalue weighted by atomic mass is 16.5. The molecule has 1 heterocycles. The van der Waals surface area contributed by atoms with Crippen molar-refractivity contribution < 1.29 is 9.53 Å². The third-order valence-electron chi connectivity index (χ3n) is 5.36. The first-order valence-corrected chi connectivity index (χ1v) is 10.2. The molecular weight excluding hydrogens is 334 g/mol. The number of para-hydroxylation sites is 1. The number of piperidine rings is 1. The van der Waals surface area contributed by atoms with Crippen molar-refractivity contribution in [3.05, 3.63) is 65.7 Å². The van der Waals surface area contributed by atoms with Crippen molar-refractivity contribution in [3.63, 3.8) is 0 Å². The number of carbonyl (C=O) groups excluding carboxylic acids is 1. The topological polar surface area (TPSA) is 29.5 Å². The van der Waals surface area contributed by atoms with Crippen LogP contribution in [0.4, 0.5) is 0 Å². The maximum absolute atomic E-state index is 12.2. The summed E-state index contributed by atoms with van der Waals surface area (Å²) in [5.41, 5.74) is 2.39. The fraction of sp³-hybridized carbons (Fsp3) is 0.458. The van der Waals surface area contributed by atoms with Crippen LogP contribution in [0.2, 0.25) is 0 Å². The van der Waals surface area contributed by atoms with Gasteiger partial charge in [0, 0.05) is 11.5 Å². The minimum atomic E-state index is -0.176. The van der Waals surface area contributed by atoms with Crippen molar-refractivity contribution >= 4 is 5.97 Å². The van der Waals surface area contributed by atoms with Crippen LogP contribution in [0.5, 0.6) is 5.75 Å². The first-order valence-electron chi connectivity index (χ1n) is 10.2. The lowest BCUT2D eigenvalue weighted by molar-refractivity contribution is -0.137. The smallest absolute Gasteiger partial charge is 0.313 e. The lowest BCUT2D eigenvalue weighted by Crippen LogP contribution is -2.31. The zero-order valence-corrected chi connectivity index (χ0v) is 16.6. The summed E-state index contributed by atoms with van der Waals surface area (Å²) < 4.78 is 5.75. The van der Waals surface area contributed by atoms with Crippen molar-refractivity contribution in [1.29, 1.82) is 0 Å². The Kier molecular flexibility index (Phi) is 7.05. The van der Waals surface area contributed by atoms with Crippen LogP contribution in [-0.4, -0.2) is 30.5 Å². The summed E-state index contributed by atoms with van der Waals surface area (Å²) in [6.45, 7) is 7.22. The number of esters is 1. The summed E-state index contributed by atoms with van der Waals surface area (Å²) >= 11 is 0. The minimum absolute atomic E-state index is 0.137. The molecule has 3 rings (SSSR count). The first kappa shape index (κ1) is 19.6. The Balaban J connectivity index is 1.85. The molecule has 0 N–H and O–H groups in total. The molecule has 3 nitrogen and oxygen atoms in total. The van der Waals surface area contributed by atoms with Gasteiger partial charge in [-0.15, -0.1) is 0 Å². The van der Waals surface area contributed by atoms with E-state index in [4.69, 9.17) is 4.74 Å². The summed E-state index contributed by atoms with van der Waals surface area (Å²) in [5.74, 6) is 0.611. The molecule has 0 aromatic heterocycles. The van der Waals surface area contributed by atoms with E-state index in [1.54, 1.807) is 0 Å². The zero-order valence-electron chi connectivity index (χ0n) is 16.6.